The number of hydrogen-bond acceptors (Lipinski definition) is 7. The van der Waals surface area contributed by atoms with Gasteiger partial charge in [-0.3, -0.25) is 4.98 Å². The van der Waals surface area contributed by atoms with Crippen LogP contribution in [0.4, 0.5) is 5.82 Å². The van der Waals surface area contributed by atoms with Crippen LogP contribution in [0.25, 0.3) is 5.65 Å². The van der Waals surface area contributed by atoms with Crippen LogP contribution in [0, 0.1) is 0 Å². The van der Waals surface area contributed by atoms with E-state index in [4.69, 9.17) is 4.74 Å². The van der Waals surface area contributed by atoms with E-state index in [0.29, 0.717) is 24.5 Å². The van der Waals surface area contributed by atoms with Gasteiger partial charge in [-0.05, 0) is 10.4 Å². The highest BCUT2D eigenvalue weighted by atomic mass is 16.5. The first-order valence-electron chi connectivity index (χ1n) is 5.33. The fourth-order valence-corrected chi connectivity index (χ4v) is 1.89. The summed E-state index contributed by atoms with van der Waals surface area (Å²) in [5.41, 5.74) is -0.707. The van der Waals surface area contributed by atoms with Crippen LogP contribution in [0.15, 0.2) is 12.4 Å². The molecule has 1 atom stereocenters. The van der Waals surface area contributed by atoms with E-state index in [1.807, 2.05) is 0 Å². The smallest absolute Gasteiger partial charge is 0.331 e. The molecule has 2 aromatic heterocycles. The highest BCUT2D eigenvalue weighted by molar-refractivity contribution is 5.83. The molecule has 3 heterocycles. The molecule has 94 valence electrons. The maximum absolute atomic E-state index is 11.4. The lowest BCUT2D eigenvalue weighted by Crippen LogP contribution is -2.47. The minimum atomic E-state index is -1.15. The number of aromatic nitrogens is 5. The Morgan fingerprint density at radius 3 is 3.17 bits per heavy atom. The summed E-state index contributed by atoms with van der Waals surface area (Å²) in [7, 11) is 0. The molecule has 1 fully saturated rings. The summed E-state index contributed by atoms with van der Waals surface area (Å²) < 4.78 is 6.56. The zero-order valence-electron chi connectivity index (χ0n) is 9.28. The predicted octanol–water partition coefficient (Wildman–Crippen LogP) is -0.825. The van der Waals surface area contributed by atoms with Crippen molar-refractivity contribution in [1.29, 1.82) is 0 Å². The second-order valence-electron chi connectivity index (χ2n) is 4.06. The average molecular weight is 250 g/mol. The molecule has 1 aliphatic heterocycles. The Morgan fingerprint density at radius 1 is 1.56 bits per heavy atom. The number of anilines is 1. The van der Waals surface area contributed by atoms with Crippen molar-refractivity contribution in [3.05, 3.63) is 12.4 Å². The second kappa shape index (κ2) is 3.88. The SMILES string of the molecule is O=C(O)C1(Nc2cncc3nnnn23)CCOC1. The number of carboxylic acids is 1. The predicted molar refractivity (Wildman–Crippen MR) is 58.0 cm³/mol. The number of rotatable bonds is 3. The molecule has 2 aromatic rings. The van der Waals surface area contributed by atoms with Gasteiger partial charge in [0.25, 0.3) is 0 Å². The summed E-state index contributed by atoms with van der Waals surface area (Å²) in [6, 6.07) is 0. The Morgan fingerprint density at radius 2 is 2.44 bits per heavy atom. The van der Waals surface area contributed by atoms with E-state index in [9.17, 15) is 9.90 Å². The van der Waals surface area contributed by atoms with Gasteiger partial charge in [0, 0.05) is 13.0 Å². The molecule has 0 saturated carbocycles. The summed E-state index contributed by atoms with van der Waals surface area (Å²) >= 11 is 0. The van der Waals surface area contributed by atoms with E-state index in [1.54, 1.807) is 0 Å². The van der Waals surface area contributed by atoms with E-state index in [-0.39, 0.29) is 6.61 Å². The molecule has 1 unspecified atom stereocenters. The number of tetrazole rings is 1. The topological polar surface area (TPSA) is 115 Å². The summed E-state index contributed by atoms with van der Waals surface area (Å²) in [6.45, 7) is 0.499. The fraction of sp³-hybridized carbons (Fsp3) is 0.444. The van der Waals surface area contributed by atoms with Gasteiger partial charge >= 0.3 is 5.97 Å². The first kappa shape index (κ1) is 10.8. The lowest BCUT2D eigenvalue weighted by molar-refractivity contribution is -0.142. The Bertz CT molecular complexity index is 591. The number of nitrogens with zero attached hydrogens (tertiary/aromatic N) is 5. The van der Waals surface area contributed by atoms with Crippen molar-refractivity contribution in [2.75, 3.05) is 18.5 Å². The molecular formula is C9H10N6O3. The van der Waals surface area contributed by atoms with Crippen LogP contribution in [0.3, 0.4) is 0 Å². The molecule has 0 bridgehead atoms. The van der Waals surface area contributed by atoms with E-state index in [2.05, 4.69) is 25.8 Å². The fourth-order valence-electron chi connectivity index (χ4n) is 1.89. The van der Waals surface area contributed by atoms with Crippen molar-refractivity contribution in [3.8, 4) is 0 Å². The zero-order chi connectivity index (χ0) is 12.6. The van der Waals surface area contributed by atoms with Crippen LogP contribution in [0.1, 0.15) is 6.42 Å². The maximum atomic E-state index is 11.4. The van der Waals surface area contributed by atoms with Crippen molar-refractivity contribution in [2.45, 2.75) is 12.0 Å². The standard InChI is InChI=1S/C9H10N6O3/c16-8(17)9(1-2-18-5-9)11-6-3-10-4-7-12-13-14-15(6)7/h3-4,11H,1-2,5H2,(H,16,17). The molecule has 0 aromatic carbocycles. The maximum Gasteiger partial charge on any atom is 0.331 e. The molecule has 1 aliphatic rings. The molecule has 2 N–H and O–H groups in total. The molecule has 0 radical (unpaired) electrons. The van der Waals surface area contributed by atoms with Gasteiger partial charge in [-0.15, -0.1) is 5.10 Å². The highest BCUT2D eigenvalue weighted by Crippen LogP contribution is 2.24. The normalized spacial score (nSPS) is 23.3. The lowest BCUT2D eigenvalue weighted by atomic mass is 9.99. The van der Waals surface area contributed by atoms with Gasteiger partial charge in [0.2, 0.25) is 0 Å². The minimum Gasteiger partial charge on any atom is -0.479 e. The molecular weight excluding hydrogens is 240 g/mol. The molecule has 1 saturated heterocycles. The van der Waals surface area contributed by atoms with Gasteiger partial charge in [0.1, 0.15) is 0 Å². The summed E-state index contributed by atoms with van der Waals surface area (Å²) in [5, 5.41) is 23.3. The van der Waals surface area contributed by atoms with E-state index < -0.39 is 11.5 Å². The number of hydrogen-bond donors (Lipinski definition) is 2. The van der Waals surface area contributed by atoms with Gasteiger partial charge in [-0.25, -0.2) is 4.79 Å². The first-order chi connectivity index (χ1) is 8.71. The van der Waals surface area contributed by atoms with Crippen molar-refractivity contribution in [1.82, 2.24) is 25.0 Å². The number of fused-ring (bicyclic) bond motifs is 1. The van der Waals surface area contributed by atoms with Gasteiger partial charge < -0.3 is 15.2 Å². The van der Waals surface area contributed by atoms with Crippen molar-refractivity contribution in [3.63, 3.8) is 0 Å². The van der Waals surface area contributed by atoms with Gasteiger partial charge in [-0.1, -0.05) is 0 Å². The largest absolute Gasteiger partial charge is 0.479 e. The van der Waals surface area contributed by atoms with Crippen molar-refractivity contribution >= 4 is 17.4 Å². The number of carbonyl (C=O) groups is 1. The molecule has 9 heteroatoms. The van der Waals surface area contributed by atoms with Crippen molar-refractivity contribution in [2.24, 2.45) is 0 Å². The summed E-state index contributed by atoms with van der Waals surface area (Å²) in [4.78, 5) is 15.3. The summed E-state index contributed by atoms with van der Waals surface area (Å²) in [5.74, 6) is -0.546. The number of ether oxygens (including phenoxy) is 1. The minimum absolute atomic E-state index is 0.0981. The van der Waals surface area contributed by atoms with E-state index in [0.717, 1.165) is 0 Å². The first-order valence-corrected chi connectivity index (χ1v) is 5.33. The van der Waals surface area contributed by atoms with Crippen LogP contribution >= 0.6 is 0 Å². The average Bonchev–Trinajstić information content (AvgIpc) is 2.98. The third-order valence-electron chi connectivity index (χ3n) is 2.91. The third-order valence-corrected chi connectivity index (χ3v) is 2.91. The van der Waals surface area contributed by atoms with Crippen LogP contribution in [-0.2, 0) is 9.53 Å². The van der Waals surface area contributed by atoms with Crippen LogP contribution < -0.4 is 5.32 Å². The number of aliphatic carboxylic acids is 1. The summed E-state index contributed by atoms with van der Waals surface area (Å²) in [6.07, 6.45) is 3.34. The molecule has 9 nitrogen and oxygen atoms in total. The monoisotopic (exact) mass is 250 g/mol. The van der Waals surface area contributed by atoms with E-state index in [1.165, 1.54) is 16.9 Å². The Labute approximate surface area is 101 Å². The quantitative estimate of drug-likeness (QED) is 0.725. The Kier molecular flexibility index (Phi) is 2.33. The van der Waals surface area contributed by atoms with Crippen molar-refractivity contribution < 1.29 is 14.6 Å². The lowest BCUT2D eigenvalue weighted by Gasteiger charge is -2.24. The van der Waals surface area contributed by atoms with Crippen LogP contribution in [-0.4, -0.2) is 54.9 Å². The number of carboxylic acid groups (broad SMARTS) is 1. The molecule has 18 heavy (non-hydrogen) atoms. The number of nitrogens with one attached hydrogen (secondary N) is 1. The Balaban J connectivity index is 2.00. The molecule has 0 amide bonds. The van der Waals surface area contributed by atoms with Crippen LogP contribution in [0.2, 0.25) is 0 Å². The molecule has 0 aliphatic carbocycles. The van der Waals surface area contributed by atoms with Gasteiger partial charge in [-0.2, -0.15) is 4.52 Å². The van der Waals surface area contributed by atoms with Crippen LogP contribution in [0.5, 0.6) is 0 Å². The second-order valence-corrected chi connectivity index (χ2v) is 4.06. The zero-order valence-corrected chi connectivity index (χ0v) is 9.28. The Hall–Kier alpha value is -2.29. The van der Waals surface area contributed by atoms with Gasteiger partial charge in [0.05, 0.1) is 19.0 Å². The van der Waals surface area contributed by atoms with Gasteiger partial charge in [0.15, 0.2) is 17.0 Å². The van der Waals surface area contributed by atoms with E-state index >= 15 is 0 Å². The highest BCUT2D eigenvalue weighted by Gasteiger charge is 2.43. The molecule has 0 spiro atoms. The molecule has 3 rings (SSSR count). The third kappa shape index (κ3) is 1.56.